The first kappa shape index (κ1) is 15.7. The zero-order valence-electron chi connectivity index (χ0n) is 12.4. The minimum Gasteiger partial charge on any atom is -0.327 e. The standard InChI is InChI=1S/C17H20BrFN2O/c18-14-9-12-6-8-21(17(22)13(12)10-15(14)19)7-5-11-3-1-2-4-16(11)20/h6,8-11,16H,1-5,7,20H2. The summed E-state index contributed by atoms with van der Waals surface area (Å²) in [6.45, 7) is 0.644. The Labute approximate surface area is 137 Å². The van der Waals surface area contributed by atoms with Crippen molar-refractivity contribution in [2.24, 2.45) is 11.7 Å². The number of nitrogens with two attached hydrogens (primary N) is 1. The highest BCUT2D eigenvalue weighted by atomic mass is 79.9. The fraction of sp³-hybridized carbons (Fsp3) is 0.471. The van der Waals surface area contributed by atoms with Gasteiger partial charge in [-0.3, -0.25) is 4.79 Å². The van der Waals surface area contributed by atoms with Crippen molar-refractivity contribution in [1.29, 1.82) is 0 Å². The van der Waals surface area contributed by atoms with Gasteiger partial charge in [-0.2, -0.15) is 0 Å². The fourth-order valence-corrected chi connectivity index (χ4v) is 3.71. The van der Waals surface area contributed by atoms with Crippen LogP contribution in [0.3, 0.4) is 0 Å². The zero-order valence-corrected chi connectivity index (χ0v) is 14.0. The predicted molar refractivity (Wildman–Crippen MR) is 90.4 cm³/mol. The number of aryl methyl sites for hydroxylation is 1. The van der Waals surface area contributed by atoms with Gasteiger partial charge in [-0.15, -0.1) is 0 Å². The Hall–Kier alpha value is -1.20. The molecule has 3 nitrogen and oxygen atoms in total. The topological polar surface area (TPSA) is 48.0 Å². The average molecular weight is 367 g/mol. The highest BCUT2D eigenvalue weighted by Crippen LogP contribution is 2.26. The number of halogens is 2. The van der Waals surface area contributed by atoms with Crippen LogP contribution in [0, 0.1) is 11.7 Å². The summed E-state index contributed by atoms with van der Waals surface area (Å²) in [6.07, 6.45) is 7.36. The Kier molecular flexibility index (Phi) is 4.64. The lowest BCUT2D eigenvalue weighted by Gasteiger charge is -2.28. The first-order valence-corrected chi connectivity index (χ1v) is 8.59. The number of nitrogens with zero attached hydrogens (tertiary/aromatic N) is 1. The fourth-order valence-electron chi connectivity index (χ4n) is 3.35. The molecule has 1 aromatic carbocycles. The van der Waals surface area contributed by atoms with Crippen molar-refractivity contribution in [2.75, 3.05) is 0 Å². The Morgan fingerprint density at radius 2 is 2.09 bits per heavy atom. The van der Waals surface area contributed by atoms with E-state index in [4.69, 9.17) is 5.73 Å². The van der Waals surface area contributed by atoms with Gasteiger partial charge in [0.2, 0.25) is 0 Å². The van der Waals surface area contributed by atoms with Crippen LogP contribution in [-0.4, -0.2) is 10.6 Å². The summed E-state index contributed by atoms with van der Waals surface area (Å²) in [6, 6.07) is 5.07. The normalized spacial score (nSPS) is 22.1. The smallest absolute Gasteiger partial charge is 0.258 e. The molecular formula is C17H20BrFN2O. The van der Waals surface area contributed by atoms with Gasteiger partial charge >= 0.3 is 0 Å². The molecule has 1 aliphatic rings. The van der Waals surface area contributed by atoms with Crippen molar-refractivity contribution in [2.45, 2.75) is 44.7 Å². The van der Waals surface area contributed by atoms with E-state index >= 15 is 0 Å². The molecule has 1 aromatic heterocycles. The van der Waals surface area contributed by atoms with Gasteiger partial charge in [0, 0.05) is 18.8 Å². The van der Waals surface area contributed by atoms with Crippen LogP contribution in [0.5, 0.6) is 0 Å². The number of pyridine rings is 1. The van der Waals surface area contributed by atoms with Gasteiger partial charge < -0.3 is 10.3 Å². The number of aromatic nitrogens is 1. The van der Waals surface area contributed by atoms with E-state index in [0.717, 1.165) is 24.6 Å². The highest BCUT2D eigenvalue weighted by molar-refractivity contribution is 9.10. The van der Waals surface area contributed by atoms with E-state index < -0.39 is 5.82 Å². The molecule has 0 saturated heterocycles. The molecule has 3 rings (SSSR count). The number of hydrogen-bond acceptors (Lipinski definition) is 2. The van der Waals surface area contributed by atoms with Crippen molar-refractivity contribution in [3.05, 3.63) is 45.0 Å². The van der Waals surface area contributed by atoms with Gasteiger partial charge in [-0.25, -0.2) is 4.39 Å². The third-order valence-electron chi connectivity index (χ3n) is 4.73. The van der Waals surface area contributed by atoms with Crippen LogP contribution in [0.1, 0.15) is 32.1 Å². The molecule has 2 atom stereocenters. The minimum atomic E-state index is -0.406. The molecule has 1 aliphatic carbocycles. The molecule has 1 fully saturated rings. The summed E-state index contributed by atoms with van der Waals surface area (Å²) < 4.78 is 15.7. The quantitative estimate of drug-likeness (QED) is 0.897. The summed E-state index contributed by atoms with van der Waals surface area (Å²) in [5.41, 5.74) is 6.03. The summed E-state index contributed by atoms with van der Waals surface area (Å²) in [4.78, 5) is 12.5. The largest absolute Gasteiger partial charge is 0.327 e. The van der Waals surface area contributed by atoms with Crippen LogP contribution >= 0.6 is 15.9 Å². The molecule has 2 aromatic rings. The van der Waals surface area contributed by atoms with E-state index in [9.17, 15) is 9.18 Å². The van der Waals surface area contributed by atoms with Crippen molar-refractivity contribution in [3.8, 4) is 0 Å². The molecule has 5 heteroatoms. The molecule has 118 valence electrons. The van der Waals surface area contributed by atoms with E-state index in [1.165, 1.54) is 18.9 Å². The lowest BCUT2D eigenvalue weighted by molar-refractivity contribution is 0.279. The van der Waals surface area contributed by atoms with Crippen LogP contribution in [-0.2, 0) is 6.54 Å². The van der Waals surface area contributed by atoms with Crippen molar-refractivity contribution >= 4 is 26.7 Å². The first-order chi connectivity index (χ1) is 10.6. The minimum absolute atomic E-state index is 0.131. The third kappa shape index (κ3) is 3.10. The molecule has 0 radical (unpaired) electrons. The lowest BCUT2D eigenvalue weighted by atomic mass is 9.83. The summed E-state index contributed by atoms with van der Waals surface area (Å²) in [5.74, 6) is 0.0784. The van der Waals surface area contributed by atoms with Crippen molar-refractivity contribution in [1.82, 2.24) is 4.57 Å². The van der Waals surface area contributed by atoms with E-state index in [1.807, 2.05) is 6.07 Å². The average Bonchev–Trinajstić information content (AvgIpc) is 2.50. The van der Waals surface area contributed by atoms with Gasteiger partial charge in [0.25, 0.3) is 5.56 Å². The van der Waals surface area contributed by atoms with Crippen LogP contribution in [0.2, 0.25) is 0 Å². The molecule has 0 bridgehead atoms. The second-order valence-electron chi connectivity index (χ2n) is 6.16. The molecule has 0 amide bonds. The van der Waals surface area contributed by atoms with Crippen molar-refractivity contribution < 1.29 is 4.39 Å². The van der Waals surface area contributed by atoms with Gasteiger partial charge in [-0.05, 0) is 64.7 Å². The van der Waals surface area contributed by atoms with E-state index in [1.54, 1.807) is 16.8 Å². The van der Waals surface area contributed by atoms with Crippen LogP contribution in [0.4, 0.5) is 4.39 Å². The number of fused-ring (bicyclic) bond motifs is 1. The van der Waals surface area contributed by atoms with Crippen LogP contribution in [0.25, 0.3) is 10.8 Å². The third-order valence-corrected chi connectivity index (χ3v) is 5.33. The maximum atomic E-state index is 13.7. The van der Waals surface area contributed by atoms with Crippen molar-refractivity contribution in [3.63, 3.8) is 0 Å². The lowest BCUT2D eigenvalue weighted by Crippen LogP contribution is -2.34. The molecular weight excluding hydrogens is 347 g/mol. The maximum absolute atomic E-state index is 13.7. The summed E-state index contributed by atoms with van der Waals surface area (Å²) in [5, 5.41) is 1.18. The van der Waals surface area contributed by atoms with Crippen LogP contribution < -0.4 is 11.3 Å². The van der Waals surface area contributed by atoms with E-state index in [0.29, 0.717) is 22.3 Å². The van der Waals surface area contributed by atoms with E-state index in [2.05, 4.69) is 15.9 Å². The molecule has 2 unspecified atom stereocenters. The van der Waals surface area contributed by atoms with Gasteiger partial charge in [0.1, 0.15) is 5.82 Å². The number of benzene rings is 1. The second-order valence-corrected chi connectivity index (χ2v) is 7.02. The Morgan fingerprint density at radius 3 is 2.86 bits per heavy atom. The second kappa shape index (κ2) is 6.50. The highest BCUT2D eigenvalue weighted by Gasteiger charge is 2.21. The molecule has 2 N–H and O–H groups in total. The molecule has 0 aliphatic heterocycles. The molecule has 1 heterocycles. The summed E-state index contributed by atoms with van der Waals surface area (Å²) >= 11 is 3.15. The Morgan fingerprint density at radius 1 is 1.32 bits per heavy atom. The molecule has 1 saturated carbocycles. The zero-order chi connectivity index (χ0) is 15.7. The molecule has 22 heavy (non-hydrogen) atoms. The number of rotatable bonds is 3. The predicted octanol–water partition coefficient (Wildman–Crippen LogP) is 3.81. The monoisotopic (exact) mass is 366 g/mol. The SMILES string of the molecule is NC1CCCCC1CCn1ccc2cc(Br)c(F)cc2c1=O. The first-order valence-electron chi connectivity index (χ1n) is 7.80. The van der Waals surface area contributed by atoms with Gasteiger partial charge in [-0.1, -0.05) is 12.8 Å². The maximum Gasteiger partial charge on any atom is 0.258 e. The number of hydrogen-bond donors (Lipinski definition) is 1. The summed E-state index contributed by atoms with van der Waals surface area (Å²) in [7, 11) is 0. The van der Waals surface area contributed by atoms with E-state index in [-0.39, 0.29) is 11.6 Å². The van der Waals surface area contributed by atoms with Gasteiger partial charge in [0.05, 0.1) is 9.86 Å². The molecule has 0 spiro atoms. The van der Waals surface area contributed by atoms with Gasteiger partial charge in [0.15, 0.2) is 0 Å². The van der Waals surface area contributed by atoms with Crippen LogP contribution in [0.15, 0.2) is 33.7 Å². The Bertz CT molecular complexity index is 743. The Balaban J connectivity index is 1.84.